The SMILES string of the molecule is CC1CCN(CCCOc2nn(Cc3ccc(Cl)cc3)c3ccccc23)C1. The minimum absolute atomic E-state index is 0.701. The lowest BCUT2D eigenvalue weighted by molar-refractivity contribution is 0.254. The first kappa shape index (κ1) is 18.3. The molecule has 0 radical (unpaired) electrons. The molecule has 1 aromatic heterocycles. The fraction of sp³-hybridized carbons (Fsp3) is 0.409. The zero-order chi connectivity index (χ0) is 18.6. The van der Waals surface area contributed by atoms with Gasteiger partial charge >= 0.3 is 0 Å². The fourth-order valence-corrected chi connectivity index (χ4v) is 3.90. The van der Waals surface area contributed by atoms with Crippen LogP contribution in [0.4, 0.5) is 0 Å². The Morgan fingerprint density at radius 1 is 1.15 bits per heavy atom. The van der Waals surface area contributed by atoms with Crippen LogP contribution in [0.15, 0.2) is 48.5 Å². The lowest BCUT2D eigenvalue weighted by atomic mass is 10.2. The molecular formula is C22H26ClN3O. The molecule has 1 aliphatic rings. The average Bonchev–Trinajstić information content (AvgIpc) is 3.25. The average molecular weight is 384 g/mol. The van der Waals surface area contributed by atoms with Gasteiger partial charge < -0.3 is 9.64 Å². The van der Waals surface area contributed by atoms with E-state index >= 15 is 0 Å². The van der Waals surface area contributed by atoms with Crippen molar-refractivity contribution in [1.29, 1.82) is 0 Å². The Kier molecular flexibility index (Phi) is 5.65. The molecule has 1 aliphatic heterocycles. The van der Waals surface area contributed by atoms with Crippen molar-refractivity contribution in [3.63, 3.8) is 0 Å². The predicted octanol–water partition coefficient (Wildman–Crippen LogP) is 4.85. The maximum atomic E-state index is 6.06. The van der Waals surface area contributed by atoms with Gasteiger partial charge in [-0.1, -0.05) is 42.8 Å². The van der Waals surface area contributed by atoms with Crippen molar-refractivity contribution in [3.8, 4) is 5.88 Å². The van der Waals surface area contributed by atoms with E-state index in [9.17, 15) is 0 Å². The predicted molar refractivity (Wildman–Crippen MR) is 111 cm³/mol. The zero-order valence-electron chi connectivity index (χ0n) is 15.8. The van der Waals surface area contributed by atoms with Gasteiger partial charge in [0.05, 0.1) is 24.1 Å². The van der Waals surface area contributed by atoms with Crippen molar-refractivity contribution in [1.82, 2.24) is 14.7 Å². The van der Waals surface area contributed by atoms with Crippen LogP contribution in [0.3, 0.4) is 0 Å². The van der Waals surface area contributed by atoms with Gasteiger partial charge in [-0.3, -0.25) is 4.68 Å². The van der Waals surface area contributed by atoms with Crippen LogP contribution in [-0.4, -0.2) is 40.9 Å². The molecule has 1 fully saturated rings. The van der Waals surface area contributed by atoms with Crippen LogP contribution >= 0.6 is 11.6 Å². The lowest BCUT2D eigenvalue weighted by Crippen LogP contribution is -2.23. The summed E-state index contributed by atoms with van der Waals surface area (Å²) >= 11 is 5.99. The zero-order valence-corrected chi connectivity index (χ0v) is 16.5. The highest BCUT2D eigenvalue weighted by Crippen LogP contribution is 2.26. The maximum Gasteiger partial charge on any atom is 0.240 e. The first-order valence-electron chi connectivity index (χ1n) is 9.74. The van der Waals surface area contributed by atoms with E-state index in [4.69, 9.17) is 21.4 Å². The van der Waals surface area contributed by atoms with E-state index in [0.29, 0.717) is 13.2 Å². The van der Waals surface area contributed by atoms with E-state index in [0.717, 1.165) is 40.7 Å². The lowest BCUT2D eigenvalue weighted by Gasteiger charge is -2.14. The van der Waals surface area contributed by atoms with E-state index in [1.54, 1.807) is 0 Å². The Morgan fingerprint density at radius 3 is 2.74 bits per heavy atom. The van der Waals surface area contributed by atoms with E-state index in [1.165, 1.54) is 25.1 Å². The van der Waals surface area contributed by atoms with Crippen molar-refractivity contribution in [3.05, 3.63) is 59.1 Å². The van der Waals surface area contributed by atoms with Crippen LogP contribution in [0.1, 0.15) is 25.3 Å². The Morgan fingerprint density at radius 2 is 1.96 bits per heavy atom. The smallest absolute Gasteiger partial charge is 0.240 e. The minimum atomic E-state index is 0.701. The summed E-state index contributed by atoms with van der Waals surface area (Å²) in [7, 11) is 0. The van der Waals surface area contributed by atoms with Crippen LogP contribution < -0.4 is 4.74 Å². The highest BCUT2D eigenvalue weighted by atomic mass is 35.5. The molecular weight excluding hydrogens is 358 g/mol. The molecule has 2 heterocycles. The molecule has 4 nitrogen and oxygen atoms in total. The van der Waals surface area contributed by atoms with Gasteiger partial charge in [-0.2, -0.15) is 0 Å². The number of halogens is 1. The second-order valence-corrected chi connectivity index (χ2v) is 7.94. The third kappa shape index (κ3) is 4.45. The molecule has 142 valence electrons. The number of aromatic nitrogens is 2. The summed E-state index contributed by atoms with van der Waals surface area (Å²) in [6.45, 7) is 7.28. The van der Waals surface area contributed by atoms with Crippen molar-refractivity contribution in [2.75, 3.05) is 26.2 Å². The normalized spacial score (nSPS) is 17.6. The summed E-state index contributed by atoms with van der Waals surface area (Å²) in [6.07, 6.45) is 2.35. The van der Waals surface area contributed by atoms with Crippen LogP contribution in [-0.2, 0) is 6.54 Å². The first-order chi connectivity index (χ1) is 13.2. The van der Waals surface area contributed by atoms with Crippen molar-refractivity contribution < 1.29 is 4.74 Å². The second kappa shape index (κ2) is 8.32. The summed E-state index contributed by atoms with van der Waals surface area (Å²) in [5.41, 5.74) is 2.26. The van der Waals surface area contributed by atoms with Gasteiger partial charge in [-0.05, 0) is 55.1 Å². The van der Waals surface area contributed by atoms with Gasteiger partial charge in [0.15, 0.2) is 0 Å². The minimum Gasteiger partial charge on any atom is -0.476 e. The van der Waals surface area contributed by atoms with Crippen LogP contribution in [0.5, 0.6) is 5.88 Å². The van der Waals surface area contributed by atoms with Gasteiger partial charge in [0.25, 0.3) is 0 Å². The topological polar surface area (TPSA) is 30.3 Å². The highest BCUT2D eigenvalue weighted by Gasteiger charge is 2.18. The molecule has 0 bridgehead atoms. The quantitative estimate of drug-likeness (QED) is 0.546. The molecule has 1 unspecified atom stereocenters. The van der Waals surface area contributed by atoms with E-state index in [1.807, 2.05) is 41.1 Å². The maximum absolute atomic E-state index is 6.06. The largest absolute Gasteiger partial charge is 0.476 e. The Balaban J connectivity index is 1.42. The number of fused-ring (bicyclic) bond motifs is 1. The van der Waals surface area contributed by atoms with Crippen LogP contribution in [0.2, 0.25) is 5.02 Å². The molecule has 0 N–H and O–H groups in total. The third-order valence-electron chi connectivity index (χ3n) is 5.24. The molecule has 27 heavy (non-hydrogen) atoms. The molecule has 1 atom stereocenters. The molecule has 3 aromatic rings. The van der Waals surface area contributed by atoms with Crippen molar-refractivity contribution in [2.24, 2.45) is 5.92 Å². The van der Waals surface area contributed by atoms with E-state index in [-0.39, 0.29) is 0 Å². The van der Waals surface area contributed by atoms with Crippen molar-refractivity contribution >= 4 is 22.5 Å². The molecule has 0 saturated carbocycles. The van der Waals surface area contributed by atoms with Crippen LogP contribution in [0, 0.1) is 5.92 Å². The Labute approximate surface area is 165 Å². The molecule has 4 rings (SSSR count). The number of ether oxygens (including phenoxy) is 1. The van der Waals surface area contributed by atoms with Gasteiger partial charge in [0.2, 0.25) is 5.88 Å². The van der Waals surface area contributed by atoms with Gasteiger partial charge in [-0.15, -0.1) is 5.10 Å². The summed E-state index contributed by atoms with van der Waals surface area (Å²) in [5, 5.41) is 6.56. The van der Waals surface area contributed by atoms with Crippen molar-refractivity contribution in [2.45, 2.75) is 26.3 Å². The van der Waals surface area contributed by atoms with Gasteiger partial charge in [0, 0.05) is 18.1 Å². The first-order valence-corrected chi connectivity index (χ1v) is 10.1. The molecule has 0 amide bonds. The van der Waals surface area contributed by atoms with Gasteiger partial charge in [0.1, 0.15) is 0 Å². The molecule has 0 aliphatic carbocycles. The molecule has 5 heteroatoms. The number of nitrogens with zero attached hydrogens (tertiary/aromatic N) is 3. The second-order valence-electron chi connectivity index (χ2n) is 7.50. The fourth-order valence-electron chi connectivity index (χ4n) is 3.77. The monoisotopic (exact) mass is 383 g/mol. The number of rotatable bonds is 7. The standard InChI is InChI=1S/C22H26ClN3O/c1-17-11-13-25(15-17)12-4-14-27-22-20-5-2-3-6-21(20)26(24-22)16-18-7-9-19(23)10-8-18/h2-3,5-10,17H,4,11-16H2,1H3. The number of para-hydroxylation sites is 1. The Hall–Kier alpha value is -2.04. The summed E-state index contributed by atoms with van der Waals surface area (Å²) in [4.78, 5) is 2.53. The molecule has 1 saturated heterocycles. The summed E-state index contributed by atoms with van der Waals surface area (Å²) < 4.78 is 8.07. The number of hydrogen-bond donors (Lipinski definition) is 0. The van der Waals surface area contributed by atoms with E-state index < -0.39 is 0 Å². The highest BCUT2D eigenvalue weighted by molar-refractivity contribution is 6.30. The number of benzene rings is 2. The van der Waals surface area contributed by atoms with Crippen LogP contribution in [0.25, 0.3) is 10.9 Å². The van der Waals surface area contributed by atoms with Gasteiger partial charge in [-0.25, -0.2) is 0 Å². The third-order valence-corrected chi connectivity index (χ3v) is 5.49. The molecule has 0 spiro atoms. The number of likely N-dealkylation sites (tertiary alicyclic amines) is 1. The number of hydrogen-bond acceptors (Lipinski definition) is 3. The molecule has 2 aromatic carbocycles. The Bertz CT molecular complexity index is 890. The van der Waals surface area contributed by atoms with E-state index in [2.05, 4.69) is 24.0 Å². The summed E-state index contributed by atoms with van der Waals surface area (Å²) in [6, 6.07) is 16.2. The summed E-state index contributed by atoms with van der Waals surface area (Å²) in [5.74, 6) is 1.56.